The quantitative estimate of drug-likeness (QED) is 0.586. The van der Waals surface area contributed by atoms with E-state index in [1.807, 2.05) is 36.5 Å². The topological polar surface area (TPSA) is 62.6 Å². The Morgan fingerprint density at radius 1 is 1.14 bits per heavy atom. The van der Waals surface area contributed by atoms with Crippen LogP contribution in [0.4, 0.5) is 0 Å². The molecule has 1 aliphatic heterocycles. The van der Waals surface area contributed by atoms with Crippen LogP contribution in [0, 0.1) is 0 Å². The average Bonchev–Trinajstić information content (AvgIpc) is 3.45. The summed E-state index contributed by atoms with van der Waals surface area (Å²) in [4.78, 5) is 12.3. The highest BCUT2D eigenvalue weighted by molar-refractivity contribution is 5.89. The molecule has 144 valence electrons. The van der Waals surface area contributed by atoms with Crippen molar-refractivity contribution >= 4 is 5.97 Å². The second-order valence-electron chi connectivity index (χ2n) is 6.66. The molecule has 1 saturated heterocycles. The molecule has 0 radical (unpaired) electrons. The fourth-order valence-corrected chi connectivity index (χ4v) is 3.05. The van der Waals surface area contributed by atoms with Crippen LogP contribution in [0.15, 0.2) is 67.0 Å². The number of hydrogen-bond acceptors (Lipinski definition) is 5. The molecule has 2 aromatic carbocycles. The van der Waals surface area contributed by atoms with Gasteiger partial charge >= 0.3 is 5.97 Å². The number of nitrogens with zero attached hydrogens (tertiary/aromatic N) is 2. The first-order chi connectivity index (χ1) is 13.8. The zero-order valence-electron chi connectivity index (χ0n) is 15.5. The van der Waals surface area contributed by atoms with Crippen LogP contribution in [0.25, 0.3) is 5.69 Å². The zero-order chi connectivity index (χ0) is 19.2. The Kier molecular flexibility index (Phi) is 5.68. The van der Waals surface area contributed by atoms with E-state index in [9.17, 15) is 4.79 Å². The number of hydrogen-bond donors (Lipinski definition) is 0. The van der Waals surface area contributed by atoms with Gasteiger partial charge < -0.3 is 14.2 Å². The van der Waals surface area contributed by atoms with Crippen LogP contribution in [0.1, 0.15) is 28.8 Å². The van der Waals surface area contributed by atoms with Gasteiger partial charge in [-0.25, -0.2) is 9.48 Å². The molecule has 1 aliphatic rings. The zero-order valence-corrected chi connectivity index (χ0v) is 15.5. The van der Waals surface area contributed by atoms with Crippen molar-refractivity contribution in [3.8, 4) is 11.4 Å². The normalized spacial score (nSPS) is 16.1. The number of rotatable bonds is 7. The molecule has 4 rings (SSSR count). The van der Waals surface area contributed by atoms with Crippen LogP contribution in [0.5, 0.6) is 5.75 Å². The summed E-state index contributed by atoms with van der Waals surface area (Å²) in [5.41, 5.74) is 2.37. The van der Waals surface area contributed by atoms with Crippen molar-refractivity contribution < 1.29 is 19.0 Å². The third-order valence-electron chi connectivity index (χ3n) is 4.63. The highest BCUT2D eigenvalue weighted by Gasteiger charge is 2.16. The van der Waals surface area contributed by atoms with E-state index in [1.54, 1.807) is 35.1 Å². The van der Waals surface area contributed by atoms with Crippen molar-refractivity contribution in [1.29, 1.82) is 0 Å². The first kappa shape index (κ1) is 18.3. The summed E-state index contributed by atoms with van der Waals surface area (Å²) < 4.78 is 18.4. The minimum Gasteiger partial charge on any atom is -0.491 e. The van der Waals surface area contributed by atoms with Crippen LogP contribution in [0.3, 0.4) is 0 Å². The summed E-state index contributed by atoms with van der Waals surface area (Å²) in [6.45, 7) is 1.57. The lowest BCUT2D eigenvalue weighted by Crippen LogP contribution is -2.16. The van der Waals surface area contributed by atoms with Gasteiger partial charge in [0.1, 0.15) is 19.0 Å². The van der Waals surface area contributed by atoms with Gasteiger partial charge in [-0.15, -0.1) is 0 Å². The number of aromatic nitrogens is 2. The van der Waals surface area contributed by atoms with Gasteiger partial charge in [0.25, 0.3) is 0 Å². The predicted molar refractivity (Wildman–Crippen MR) is 104 cm³/mol. The molecular weight excluding hydrogens is 356 g/mol. The second-order valence-corrected chi connectivity index (χ2v) is 6.66. The second kappa shape index (κ2) is 8.71. The predicted octanol–water partition coefficient (Wildman–Crippen LogP) is 3.79. The first-order valence-corrected chi connectivity index (χ1v) is 9.38. The van der Waals surface area contributed by atoms with E-state index in [1.165, 1.54) is 0 Å². The minimum absolute atomic E-state index is 0.171. The summed E-state index contributed by atoms with van der Waals surface area (Å²) in [5.74, 6) is 0.364. The summed E-state index contributed by atoms with van der Waals surface area (Å²) >= 11 is 0. The first-order valence-electron chi connectivity index (χ1n) is 9.38. The van der Waals surface area contributed by atoms with E-state index in [-0.39, 0.29) is 18.7 Å². The molecule has 6 heteroatoms. The Morgan fingerprint density at radius 2 is 1.96 bits per heavy atom. The third-order valence-corrected chi connectivity index (χ3v) is 4.63. The van der Waals surface area contributed by atoms with Crippen LogP contribution in [-0.4, -0.2) is 35.1 Å². The molecule has 6 nitrogen and oxygen atoms in total. The van der Waals surface area contributed by atoms with Crippen LogP contribution in [-0.2, 0) is 16.1 Å². The van der Waals surface area contributed by atoms with E-state index in [2.05, 4.69) is 5.10 Å². The molecule has 28 heavy (non-hydrogen) atoms. The summed E-state index contributed by atoms with van der Waals surface area (Å²) in [6.07, 6.45) is 5.90. The molecule has 0 amide bonds. The molecule has 3 aromatic rings. The molecule has 0 spiro atoms. The fraction of sp³-hybridized carbons (Fsp3) is 0.273. The summed E-state index contributed by atoms with van der Waals surface area (Å²) in [7, 11) is 0. The van der Waals surface area contributed by atoms with Crippen molar-refractivity contribution in [2.75, 3.05) is 13.2 Å². The number of esters is 1. The van der Waals surface area contributed by atoms with E-state index in [0.717, 1.165) is 36.4 Å². The van der Waals surface area contributed by atoms with Crippen molar-refractivity contribution in [2.45, 2.75) is 25.6 Å². The van der Waals surface area contributed by atoms with Crippen LogP contribution in [0.2, 0.25) is 0 Å². The number of carbonyl (C=O) groups excluding carboxylic acids is 1. The molecule has 1 fully saturated rings. The van der Waals surface area contributed by atoms with Gasteiger partial charge in [-0.3, -0.25) is 0 Å². The SMILES string of the molecule is O=C(OCc1ccc(-n2cccn2)cc1)c1ccc(OC[C@@H]2CCCO2)cc1. The lowest BCUT2D eigenvalue weighted by atomic mass is 10.2. The fourth-order valence-electron chi connectivity index (χ4n) is 3.05. The monoisotopic (exact) mass is 378 g/mol. The number of benzene rings is 2. The maximum Gasteiger partial charge on any atom is 0.338 e. The third kappa shape index (κ3) is 4.58. The Balaban J connectivity index is 1.27. The summed E-state index contributed by atoms with van der Waals surface area (Å²) in [5, 5.41) is 4.19. The van der Waals surface area contributed by atoms with Crippen molar-refractivity contribution in [3.63, 3.8) is 0 Å². The molecule has 0 bridgehead atoms. The maximum atomic E-state index is 12.3. The van der Waals surface area contributed by atoms with Gasteiger partial charge in [-0.2, -0.15) is 5.10 Å². The van der Waals surface area contributed by atoms with Crippen molar-refractivity contribution in [2.24, 2.45) is 0 Å². The number of carbonyl (C=O) groups is 1. The van der Waals surface area contributed by atoms with Crippen LogP contribution >= 0.6 is 0 Å². The van der Waals surface area contributed by atoms with Gasteiger partial charge in [0.15, 0.2) is 0 Å². The van der Waals surface area contributed by atoms with Gasteiger partial charge in [0.05, 0.1) is 17.4 Å². The Morgan fingerprint density at radius 3 is 2.64 bits per heavy atom. The molecule has 1 atom stereocenters. The van der Waals surface area contributed by atoms with Crippen molar-refractivity contribution in [1.82, 2.24) is 9.78 Å². The maximum absolute atomic E-state index is 12.3. The Labute approximate surface area is 163 Å². The summed E-state index contributed by atoms with van der Waals surface area (Å²) in [6, 6.07) is 16.6. The van der Waals surface area contributed by atoms with E-state index < -0.39 is 0 Å². The van der Waals surface area contributed by atoms with E-state index >= 15 is 0 Å². The molecule has 0 unspecified atom stereocenters. The number of ether oxygens (including phenoxy) is 3. The smallest absolute Gasteiger partial charge is 0.338 e. The molecule has 0 N–H and O–H groups in total. The van der Waals surface area contributed by atoms with E-state index in [0.29, 0.717) is 12.2 Å². The lowest BCUT2D eigenvalue weighted by molar-refractivity contribution is 0.0472. The Hall–Kier alpha value is -3.12. The standard InChI is InChI=1S/C22H22N2O4/c25-22(18-6-10-20(11-7-18)27-16-21-3-1-14-26-21)28-15-17-4-8-19(9-5-17)24-13-2-12-23-24/h2,4-13,21H,1,3,14-16H2/t21-/m0/s1. The lowest BCUT2D eigenvalue weighted by Gasteiger charge is -2.11. The molecule has 0 aliphatic carbocycles. The minimum atomic E-state index is -0.359. The van der Waals surface area contributed by atoms with Gasteiger partial charge in [0.2, 0.25) is 0 Å². The highest BCUT2D eigenvalue weighted by Crippen LogP contribution is 2.17. The average molecular weight is 378 g/mol. The molecular formula is C22H22N2O4. The van der Waals surface area contributed by atoms with Gasteiger partial charge in [-0.05, 0) is 60.9 Å². The Bertz CT molecular complexity index is 883. The molecule has 0 saturated carbocycles. The van der Waals surface area contributed by atoms with E-state index in [4.69, 9.17) is 14.2 Å². The molecule has 2 heterocycles. The van der Waals surface area contributed by atoms with Crippen molar-refractivity contribution in [3.05, 3.63) is 78.1 Å². The highest BCUT2D eigenvalue weighted by atomic mass is 16.5. The largest absolute Gasteiger partial charge is 0.491 e. The van der Waals surface area contributed by atoms with Gasteiger partial charge in [0, 0.05) is 19.0 Å². The van der Waals surface area contributed by atoms with Crippen LogP contribution < -0.4 is 4.74 Å². The molecule has 1 aromatic heterocycles. The van der Waals surface area contributed by atoms with Gasteiger partial charge in [-0.1, -0.05) is 12.1 Å².